The highest BCUT2D eigenvalue weighted by Gasteiger charge is 2.57. The Morgan fingerprint density at radius 3 is 2.44 bits per heavy atom. The quantitative estimate of drug-likeness (QED) is 0.507. The SMILES string of the molecule is CC(=O)C1C(=O)CC2CC3Cc4c(NC(=O)c5ccno5)ccc(O)c4C(=O)C3C(=O)C2C1=O. The maximum absolute atomic E-state index is 13.4. The zero-order chi connectivity index (χ0) is 24.3. The number of nitrogens with one attached hydrogen (secondary N) is 1. The number of phenols is 1. The van der Waals surface area contributed by atoms with E-state index in [0.29, 0.717) is 5.56 Å². The fourth-order valence-electron chi connectivity index (χ4n) is 5.75. The Morgan fingerprint density at radius 1 is 1.03 bits per heavy atom. The van der Waals surface area contributed by atoms with Gasteiger partial charge in [0.15, 0.2) is 23.1 Å². The van der Waals surface area contributed by atoms with Crippen molar-refractivity contribution >= 4 is 40.5 Å². The summed E-state index contributed by atoms with van der Waals surface area (Å²) in [6.07, 6.45) is 1.67. The topological polar surface area (TPSA) is 161 Å². The molecule has 2 fully saturated rings. The summed E-state index contributed by atoms with van der Waals surface area (Å²) in [7, 11) is 0. The molecule has 0 spiro atoms. The number of carbonyl (C=O) groups excluding carboxylic acids is 6. The van der Waals surface area contributed by atoms with Crippen LogP contribution in [0.5, 0.6) is 5.75 Å². The average molecular weight is 464 g/mol. The van der Waals surface area contributed by atoms with Gasteiger partial charge in [-0.25, -0.2) is 0 Å². The standard InChI is InChI=1S/C24H20N2O8/c1-9(27)17-15(29)8-11-6-10-7-12-13(26-24(33)16-4-5-25-34-16)2-3-14(28)20(12)23(32)18(10)22(31)19(11)21(17)30/h2-5,10-11,17-19,28H,6-8H2,1H3,(H,26,33). The summed E-state index contributed by atoms with van der Waals surface area (Å²) < 4.78 is 4.85. The van der Waals surface area contributed by atoms with Crippen molar-refractivity contribution in [3.63, 3.8) is 0 Å². The van der Waals surface area contributed by atoms with Crippen LogP contribution in [0.15, 0.2) is 28.9 Å². The molecule has 0 aliphatic heterocycles. The van der Waals surface area contributed by atoms with Gasteiger partial charge in [-0.3, -0.25) is 28.8 Å². The van der Waals surface area contributed by atoms with E-state index >= 15 is 0 Å². The fourth-order valence-corrected chi connectivity index (χ4v) is 5.75. The van der Waals surface area contributed by atoms with Crippen molar-refractivity contribution in [3.05, 3.63) is 41.3 Å². The lowest BCUT2D eigenvalue weighted by molar-refractivity contribution is -0.152. The lowest BCUT2D eigenvalue weighted by atomic mass is 9.56. The minimum atomic E-state index is -1.46. The number of phenolic OH excluding ortho intramolecular Hbond substituents is 1. The Bertz CT molecular complexity index is 1280. The van der Waals surface area contributed by atoms with Crippen LogP contribution in [0.4, 0.5) is 5.69 Å². The molecule has 0 bridgehead atoms. The number of rotatable bonds is 3. The molecule has 1 aromatic carbocycles. The van der Waals surface area contributed by atoms with Crippen LogP contribution in [0, 0.1) is 29.6 Å². The second kappa shape index (κ2) is 7.82. The highest BCUT2D eigenvalue weighted by atomic mass is 16.5. The Labute approximate surface area is 192 Å². The van der Waals surface area contributed by atoms with E-state index in [1.54, 1.807) is 0 Å². The summed E-state index contributed by atoms with van der Waals surface area (Å²) in [5.41, 5.74) is 0.578. The summed E-state index contributed by atoms with van der Waals surface area (Å²) in [5, 5.41) is 16.6. The van der Waals surface area contributed by atoms with Crippen LogP contribution in [0.25, 0.3) is 0 Å². The molecule has 0 radical (unpaired) electrons. The van der Waals surface area contributed by atoms with Gasteiger partial charge in [0.25, 0.3) is 5.91 Å². The number of hydrogen-bond donors (Lipinski definition) is 2. The van der Waals surface area contributed by atoms with Gasteiger partial charge in [-0.15, -0.1) is 0 Å². The zero-order valence-electron chi connectivity index (χ0n) is 18.1. The van der Waals surface area contributed by atoms with Crippen molar-refractivity contribution in [2.75, 3.05) is 5.32 Å². The van der Waals surface area contributed by atoms with E-state index in [-0.39, 0.29) is 42.0 Å². The molecule has 5 unspecified atom stereocenters. The van der Waals surface area contributed by atoms with Crippen molar-refractivity contribution in [2.45, 2.75) is 26.2 Å². The number of carbonyl (C=O) groups is 6. The van der Waals surface area contributed by atoms with Gasteiger partial charge in [0.2, 0.25) is 5.76 Å². The van der Waals surface area contributed by atoms with Crippen molar-refractivity contribution in [1.29, 1.82) is 0 Å². The minimum absolute atomic E-state index is 0.0446. The van der Waals surface area contributed by atoms with Crippen molar-refractivity contribution in [1.82, 2.24) is 5.16 Å². The highest BCUT2D eigenvalue weighted by Crippen LogP contribution is 2.49. The highest BCUT2D eigenvalue weighted by molar-refractivity contribution is 6.28. The lowest BCUT2D eigenvalue weighted by Crippen LogP contribution is -2.55. The van der Waals surface area contributed by atoms with E-state index < -0.39 is 64.4 Å². The van der Waals surface area contributed by atoms with Crippen molar-refractivity contribution in [3.8, 4) is 5.75 Å². The largest absolute Gasteiger partial charge is 0.507 e. The first-order valence-corrected chi connectivity index (χ1v) is 10.9. The molecule has 5 rings (SSSR count). The molecule has 34 heavy (non-hydrogen) atoms. The number of anilines is 1. The van der Waals surface area contributed by atoms with E-state index in [0.717, 1.165) is 6.92 Å². The predicted molar refractivity (Wildman–Crippen MR) is 113 cm³/mol. The van der Waals surface area contributed by atoms with Crippen LogP contribution >= 0.6 is 0 Å². The summed E-state index contributed by atoms with van der Waals surface area (Å²) in [5.74, 6) is -8.93. The smallest absolute Gasteiger partial charge is 0.294 e. The number of nitrogens with zero attached hydrogens (tertiary/aromatic N) is 1. The number of amides is 1. The van der Waals surface area contributed by atoms with Crippen molar-refractivity contribution in [2.24, 2.45) is 29.6 Å². The Hall–Kier alpha value is -3.95. The van der Waals surface area contributed by atoms with Gasteiger partial charge < -0.3 is 14.9 Å². The first-order valence-electron chi connectivity index (χ1n) is 10.9. The molecule has 3 aliphatic carbocycles. The van der Waals surface area contributed by atoms with Crippen molar-refractivity contribution < 1.29 is 38.4 Å². The molecule has 174 valence electrons. The number of hydrogen-bond acceptors (Lipinski definition) is 9. The average Bonchev–Trinajstić information content (AvgIpc) is 3.30. The first-order chi connectivity index (χ1) is 16.2. The minimum Gasteiger partial charge on any atom is -0.507 e. The molecule has 1 aromatic heterocycles. The summed E-state index contributed by atoms with van der Waals surface area (Å²) >= 11 is 0. The van der Waals surface area contributed by atoms with Crippen LogP contribution in [0.3, 0.4) is 0 Å². The van der Waals surface area contributed by atoms with Crippen LogP contribution < -0.4 is 5.32 Å². The third-order valence-corrected chi connectivity index (χ3v) is 7.14. The third kappa shape index (κ3) is 3.20. The summed E-state index contributed by atoms with van der Waals surface area (Å²) in [4.78, 5) is 76.5. The van der Waals surface area contributed by atoms with Gasteiger partial charge in [0.05, 0.1) is 23.6 Å². The van der Waals surface area contributed by atoms with E-state index in [1.807, 2.05) is 0 Å². The van der Waals surface area contributed by atoms with Gasteiger partial charge in [-0.1, -0.05) is 5.16 Å². The number of fused-ring (bicyclic) bond motifs is 3. The maximum atomic E-state index is 13.4. The molecule has 0 saturated heterocycles. The number of aromatic hydroxyl groups is 1. The van der Waals surface area contributed by atoms with E-state index in [2.05, 4.69) is 10.5 Å². The molecule has 3 aliphatic rings. The molecule has 2 saturated carbocycles. The van der Waals surface area contributed by atoms with Gasteiger partial charge in [0.1, 0.15) is 17.5 Å². The molecule has 1 amide bonds. The van der Waals surface area contributed by atoms with E-state index in [4.69, 9.17) is 4.52 Å². The molecular weight excluding hydrogens is 444 g/mol. The van der Waals surface area contributed by atoms with Crippen LogP contribution in [-0.4, -0.2) is 45.1 Å². The van der Waals surface area contributed by atoms with Gasteiger partial charge in [-0.05, 0) is 49.3 Å². The number of aromatic nitrogens is 1. The molecule has 1 heterocycles. The van der Waals surface area contributed by atoms with E-state index in [9.17, 15) is 33.9 Å². The summed E-state index contributed by atoms with van der Waals surface area (Å²) in [6.45, 7) is 1.14. The van der Waals surface area contributed by atoms with Crippen LogP contribution in [-0.2, 0) is 25.6 Å². The molecular formula is C24H20N2O8. The number of ketones is 5. The van der Waals surface area contributed by atoms with Gasteiger partial charge in [0, 0.05) is 18.2 Å². The maximum Gasteiger partial charge on any atom is 0.294 e. The zero-order valence-corrected chi connectivity index (χ0v) is 18.1. The number of benzene rings is 1. The Balaban J connectivity index is 1.51. The molecule has 2 N–H and O–H groups in total. The normalized spacial score (nSPS) is 28.1. The molecule has 10 heteroatoms. The number of Topliss-reactive ketones (excluding diaryl/α,β-unsaturated/α-hetero) is 5. The second-order valence-corrected chi connectivity index (χ2v) is 9.12. The fraction of sp³-hybridized carbons (Fsp3) is 0.375. The molecule has 2 aromatic rings. The third-order valence-electron chi connectivity index (χ3n) is 7.14. The Morgan fingerprint density at radius 2 is 1.76 bits per heavy atom. The van der Waals surface area contributed by atoms with Crippen LogP contribution in [0.1, 0.15) is 46.2 Å². The van der Waals surface area contributed by atoms with Gasteiger partial charge >= 0.3 is 0 Å². The predicted octanol–water partition coefficient (Wildman–Crippen LogP) is 1.56. The van der Waals surface area contributed by atoms with E-state index in [1.165, 1.54) is 24.4 Å². The lowest BCUT2D eigenvalue weighted by Gasteiger charge is -2.44. The first kappa shape index (κ1) is 21.9. The van der Waals surface area contributed by atoms with Crippen LogP contribution in [0.2, 0.25) is 0 Å². The molecule has 10 nitrogen and oxygen atoms in total. The summed E-state index contributed by atoms with van der Waals surface area (Å²) in [6, 6.07) is 4.07. The molecule has 5 atom stereocenters. The van der Waals surface area contributed by atoms with Gasteiger partial charge in [-0.2, -0.15) is 0 Å². The second-order valence-electron chi connectivity index (χ2n) is 9.12. The monoisotopic (exact) mass is 464 g/mol. The Kier molecular flexibility index (Phi) is 5.03.